The van der Waals surface area contributed by atoms with Crippen molar-refractivity contribution in [2.45, 2.75) is 0 Å². The molecule has 0 aliphatic rings. The maximum absolute atomic E-state index is 3.12. The van der Waals surface area contributed by atoms with Crippen LogP contribution in [0.15, 0.2) is 54.6 Å². The number of rotatable bonds is 1. The normalized spacial score (nSPS) is 10.8. The third kappa shape index (κ3) is 1.33. The fraction of sp³-hybridized carbons (Fsp3) is 0.0667. The molecule has 0 fully saturated rings. The van der Waals surface area contributed by atoms with E-state index >= 15 is 0 Å². The Labute approximate surface area is 95.0 Å². The molecule has 3 rings (SSSR count). The molecule has 1 heteroatoms. The lowest BCUT2D eigenvalue weighted by Crippen LogP contribution is -1.90. The number of para-hydroxylation sites is 1. The van der Waals surface area contributed by atoms with Crippen molar-refractivity contribution in [2.24, 2.45) is 7.05 Å². The van der Waals surface area contributed by atoms with Gasteiger partial charge in [-0.1, -0.05) is 36.4 Å². The van der Waals surface area contributed by atoms with E-state index in [1.54, 1.807) is 0 Å². The SMILES string of the molecule is Cn1c(-c2c[c]ccc2)cc2ccccc21. The van der Waals surface area contributed by atoms with Crippen LogP contribution in [-0.4, -0.2) is 4.57 Å². The van der Waals surface area contributed by atoms with Gasteiger partial charge >= 0.3 is 0 Å². The Hall–Kier alpha value is -2.02. The van der Waals surface area contributed by atoms with Crippen LogP contribution in [0.3, 0.4) is 0 Å². The lowest BCUT2D eigenvalue weighted by molar-refractivity contribution is 0.978. The summed E-state index contributed by atoms with van der Waals surface area (Å²) in [6.45, 7) is 0. The second kappa shape index (κ2) is 3.53. The molecule has 0 amide bonds. The van der Waals surface area contributed by atoms with Crippen LogP contribution >= 0.6 is 0 Å². The maximum atomic E-state index is 3.12. The van der Waals surface area contributed by atoms with Crippen molar-refractivity contribution in [3.63, 3.8) is 0 Å². The lowest BCUT2D eigenvalue weighted by atomic mass is 10.1. The highest BCUT2D eigenvalue weighted by Gasteiger charge is 2.05. The van der Waals surface area contributed by atoms with E-state index in [0.29, 0.717) is 0 Å². The number of fused-ring (bicyclic) bond motifs is 1. The minimum atomic E-state index is 1.21. The number of aryl methyl sites for hydroxylation is 1. The van der Waals surface area contributed by atoms with E-state index < -0.39 is 0 Å². The Bertz CT molecular complexity index is 620. The molecule has 0 aliphatic carbocycles. The van der Waals surface area contributed by atoms with Gasteiger partial charge in [-0.3, -0.25) is 0 Å². The van der Waals surface area contributed by atoms with Gasteiger partial charge < -0.3 is 4.57 Å². The summed E-state index contributed by atoms with van der Waals surface area (Å²) in [5, 5.41) is 1.28. The molecule has 0 atom stereocenters. The zero-order valence-corrected chi connectivity index (χ0v) is 9.14. The standard InChI is InChI=1S/C15H12N/c1-16-14-10-6-5-9-13(14)11-15(16)12-7-3-2-4-8-12/h2-3,5-11H,1H3. The molecule has 1 nitrogen and oxygen atoms in total. The van der Waals surface area contributed by atoms with Crippen LogP contribution in [-0.2, 0) is 7.05 Å². The summed E-state index contributed by atoms with van der Waals surface area (Å²) in [5.41, 5.74) is 3.71. The van der Waals surface area contributed by atoms with Gasteiger partial charge in [0.15, 0.2) is 0 Å². The average Bonchev–Trinajstić information content (AvgIpc) is 2.69. The van der Waals surface area contributed by atoms with Crippen LogP contribution in [0.2, 0.25) is 0 Å². The summed E-state index contributed by atoms with van der Waals surface area (Å²) in [6, 6.07) is 21.9. The Kier molecular flexibility index (Phi) is 2.03. The van der Waals surface area contributed by atoms with Crippen molar-refractivity contribution < 1.29 is 0 Å². The van der Waals surface area contributed by atoms with Gasteiger partial charge in [0.1, 0.15) is 0 Å². The first-order chi connectivity index (χ1) is 7.86. The highest BCUT2D eigenvalue weighted by molar-refractivity contribution is 5.86. The highest BCUT2D eigenvalue weighted by Crippen LogP contribution is 2.26. The Morgan fingerprint density at radius 2 is 1.94 bits per heavy atom. The minimum absolute atomic E-state index is 1.21. The molecule has 0 N–H and O–H groups in total. The van der Waals surface area contributed by atoms with E-state index in [1.165, 1.54) is 22.2 Å². The van der Waals surface area contributed by atoms with Crippen LogP contribution in [0, 0.1) is 6.07 Å². The molecule has 0 spiro atoms. The molecule has 1 aromatic heterocycles. The van der Waals surface area contributed by atoms with Crippen molar-refractivity contribution in [2.75, 3.05) is 0 Å². The molecule has 0 unspecified atom stereocenters. The number of benzene rings is 2. The van der Waals surface area contributed by atoms with Gasteiger partial charge in [-0.2, -0.15) is 0 Å². The summed E-state index contributed by atoms with van der Waals surface area (Å²) in [7, 11) is 2.10. The number of aromatic nitrogens is 1. The lowest BCUT2D eigenvalue weighted by Gasteiger charge is -2.03. The predicted molar refractivity (Wildman–Crippen MR) is 67.2 cm³/mol. The van der Waals surface area contributed by atoms with Gasteiger partial charge in [0.2, 0.25) is 0 Å². The first kappa shape index (κ1) is 9.22. The van der Waals surface area contributed by atoms with E-state index in [1.807, 2.05) is 18.2 Å². The molecule has 1 heterocycles. The molecule has 16 heavy (non-hydrogen) atoms. The molecule has 77 valence electrons. The zero-order valence-electron chi connectivity index (χ0n) is 9.14. The van der Waals surface area contributed by atoms with Crippen LogP contribution < -0.4 is 0 Å². The smallest absolute Gasteiger partial charge is 0.0488 e. The summed E-state index contributed by atoms with van der Waals surface area (Å²) < 4.78 is 2.22. The Morgan fingerprint density at radius 3 is 2.69 bits per heavy atom. The largest absolute Gasteiger partial charge is 0.344 e. The summed E-state index contributed by atoms with van der Waals surface area (Å²) in [4.78, 5) is 0. The van der Waals surface area contributed by atoms with Gasteiger partial charge in [0.05, 0.1) is 0 Å². The molecule has 1 radical (unpaired) electrons. The second-order valence-electron chi connectivity index (χ2n) is 3.94. The quantitative estimate of drug-likeness (QED) is 0.572. The van der Waals surface area contributed by atoms with E-state index in [-0.39, 0.29) is 0 Å². The number of nitrogens with zero attached hydrogens (tertiary/aromatic N) is 1. The molecule has 3 aromatic rings. The topological polar surface area (TPSA) is 4.93 Å². The van der Waals surface area contributed by atoms with E-state index in [4.69, 9.17) is 0 Å². The van der Waals surface area contributed by atoms with Crippen LogP contribution in [0.5, 0.6) is 0 Å². The van der Waals surface area contributed by atoms with Gasteiger partial charge in [-0.25, -0.2) is 0 Å². The van der Waals surface area contributed by atoms with Crippen LogP contribution in [0.1, 0.15) is 0 Å². The Morgan fingerprint density at radius 1 is 1.06 bits per heavy atom. The van der Waals surface area contributed by atoms with Gasteiger partial charge in [0, 0.05) is 23.6 Å². The number of hydrogen-bond acceptors (Lipinski definition) is 0. The van der Waals surface area contributed by atoms with Crippen molar-refractivity contribution >= 4 is 10.9 Å². The fourth-order valence-corrected chi connectivity index (χ4v) is 2.12. The Balaban J connectivity index is 2.29. The first-order valence-corrected chi connectivity index (χ1v) is 5.37. The van der Waals surface area contributed by atoms with Crippen molar-refractivity contribution in [3.05, 3.63) is 60.7 Å². The molecule has 0 saturated heterocycles. The maximum Gasteiger partial charge on any atom is 0.0488 e. The molecule has 0 bridgehead atoms. The fourth-order valence-electron chi connectivity index (χ4n) is 2.12. The first-order valence-electron chi connectivity index (χ1n) is 5.37. The molecule has 0 saturated carbocycles. The summed E-state index contributed by atoms with van der Waals surface area (Å²) in [6.07, 6.45) is 0. The molecular formula is C15H12N. The molecular weight excluding hydrogens is 194 g/mol. The van der Waals surface area contributed by atoms with Crippen molar-refractivity contribution in [3.8, 4) is 11.3 Å². The predicted octanol–water partition coefficient (Wildman–Crippen LogP) is 3.65. The summed E-state index contributed by atoms with van der Waals surface area (Å²) >= 11 is 0. The third-order valence-electron chi connectivity index (χ3n) is 2.95. The molecule has 2 aromatic carbocycles. The van der Waals surface area contributed by atoms with Gasteiger partial charge in [-0.15, -0.1) is 0 Å². The summed E-state index contributed by atoms with van der Waals surface area (Å²) in [5.74, 6) is 0. The zero-order chi connectivity index (χ0) is 11.0. The average molecular weight is 206 g/mol. The van der Waals surface area contributed by atoms with Crippen molar-refractivity contribution in [1.82, 2.24) is 4.57 Å². The molecule has 0 aliphatic heterocycles. The minimum Gasteiger partial charge on any atom is -0.344 e. The van der Waals surface area contributed by atoms with Gasteiger partial charge in [0.25, 0.3) is 0 Å². The van der Waals surface area contributed by atoms with Crippen molar-refractivity contribution in [1.29, 1.82) is 0 Å². The second-order valence-corrected chi connectivity index (χ2v) is 3.94. The van der Waals surface area contributed by atoms with E-state index in [2.05, 4.69) is 54.1 Å². The third-order valence-corrected chi connectivity index (χ3v) is 2.95. The van der Waals surface area contributed by atoms with Crippen LogP contribution in [0.25, 0.3) is 22.2 Å². The van der Waals surface area contributed by atoms with Gasteiger partial charge in [-0.05, 0) is 29.8 Å². The van der Waals surface area contributed by atoms with E-state index in [9.17, 15) is 0 Å². The highest BCUT2D eigenvalue weighted by atomic mass is 14.9. The number of hydrogen-bond donors (Lipinski definition) is 0. The van der Waals surface area contributed by atoms with Crippen LogP contribution in [0.4, 0.5) is 0 Å². The van der Waals surface area contributed by atoms with E-state index in [0.717, 1.165) is 0 Å². The monoisotopic (exact) mass is 206 g/mol.